The average molecular weight is 390 g/mol. The van der Waals surface area contributed by atoms with Crippen LogP contribution in [-0.4, -0.2) is 43.4 Å². The second kappa shape index (κ2) is 9.08. The Morgan fingerprint density at radius 2 is 2.04 bits per heavy atom. The molecule has 0 aliphatic carbocycles. The normalized spacial score (nSPS) is 16.5. The Morgan fingerprint density at radius 1 is 1.30 bits per heavy atom. The van der Waals surface area contributed by atoms with Crippen LogP contribution in [0.4, 0.5) is 4.39 Å². The highest BCUT2D eigenvalue weighted by Gasteiger charge is 2.33. The van der Waals surface area contributed by atoms with Crippen LogP contribution in [0, 0.1) is 5.82 Å². The van der Waals surface area contributed by atoms with Crippen LogP contribution in [0.2, 0.25) is 5.02 Å². The first-order chi connectivity index (χ1) is 13.1. The van der Waals surface area contributed by atoms with E-state index in [4.69, 9.17) is 16.3 Å². The molecule has 142 valence electrons. The van der Waals surface area contributed by atoms with Crippen molar-refractivity contribution in [1.29, 1.82) is 0 Å². The molecular weight excluding hydrogens is 369 g/mol. The molecule has 0 saturated carbocycles. The number of rotatable bonds is 7. The maximum atomic E-state index is 14.2. The van der Waals surface area contributed by atoms with E-state index in [1.165, 1.54) is 11.1 Å². The summed E-state index contributed by atoms with van der Waals surface area (Å²) < 4.78 is 19.2. The van der Waals surface area contributed by atoms with Crippen molar-refractivity contribution in [2.24, 2.45) is 5.10 Å². The number of hydrogen-bond acceptors (Lipinski definition) is 4. The third-order valence-corrected chi connectivity index (χ3v) is 4.62. The number of carbonyl (C=O) groups excluding carboxylic acids is 1. The highest BCUT2D eigenvalue weighted by atomic mass is 35.5. The molecule has 1 unspecified atom stereocenters. The van der Waals surface area contributed by atoms with Crippen LogP contribution in [-0.2, 0) is 9.53 Å². The predicted octanol–water partition coefficient (Wildman–Crippen LogP) is 3.39. The molecule has 0 aromatic heterocycles. The van der Waals surface area contributed by atoms with Gasteiger partial charge in [0.25, 0.3) is 5.91 Å². The van der Waals surface area contributed by atoms with Crippen LogP contribution in [0.1, 0.15) is 23.6 Å². The number of hydrogen-bond donors (Lipinski definition) is 1. The number of carbonyl (C=O) groups is 1. The third kappa shape index (κ3) is 4.71. The first-order valence-electron chi connectivity index (χ1n) is 8.69. The van der Waals surface area contributed by atoms with Crippen molar-refractivity contribution < 1.29 is 13.9 Å². The van der Waals surface area contributed by atoms with E-state index in [9.17, 15) is 9.18 Å². The van der Waals surface area contributed by atoms with Gasteiger partial charge in [-0.25, -0.2) is 9.40 Å². The Balaban J connectivity index is 1.84. The Bertz CT molecular complexity index is 826. The van der Waals surface area contributed by atoms with Crippen LogP contribution in [0.3, 0.4) is 0 Å². The lowest BCUT2D eigenvalue weighted by Crippen LogP contribution is -2.36. The standard InChI is InChI=1S/C20H21ClFN3O2/c1-27-11-10-23-13-20(26)25-19(14-6-8-15(21)9-7-14)12-18(24-25)16-4-2-3-5-17(16)22/h2-9,19,23H,10-13H2,1H3. The van der Waals surface area contributed by atoms with Crippen molar-refractivity contribution in [3.8, 4) is 0 Å². The minimum absolute atomic E-state index is 0.126. The molecule has 5 nitrogen and oxygen atoms in total. The molecule has 7 heteroatoms. The maximum absolute atomic E-state index is 14.2. The summed E-state index contributed by atoms with van der Waals surface area (Å²) in [5.74, 6) is -0.531. The Hall–Kier alpha value is -2.28. The number of amides is 1. The summed E-state index contributed by atoms with van der Waals surface area (Å²) in [6.07, 6.45) is 0.437. The van der Waals surface area contributed by atoms with Gasteiger partial charge < -0.3 is 10.1 Å². The average Bonchev–Trinajstić information content (AvgIpc) is 3.11. The molecule has 0 radical (unpaired) electrons. The Kier molecular flexibility index (Phi) is 6.55. The molecule has 0 saturated heterocycles. The largest absolute Gasteiger partial charge is 0.383 e. The fraction of sp³-hybridized carbons (Fsp3) is 0.300. The van der Waals surface area contributed by atoms with Gasteiger partial charge in [-0.05, 0) is 23.8 Å². The fourth-order valence-corrected chi connectivity index (χ4v) is 3.12. The number of nitrogens with zero attached hydrogens (tertiary/aromatic N) is 2. The van der Waals surface area contributed by atoms with E-state index in [-0.39, 0.29) is 24.3 Å². The summed E-state index contributed by atoms with van der Waals surface area (Å²) in [5.41, 5.74) is 1.87. The van der Waals surface area contributed by atoms with Gasteiger partial charge in [-0.2, -0.15) is 5.10 Å². The van der Waals surface area contributed by atoms with E-state index >= 15 is 0 Å². The third-order valence-electron chi connectivity index (χ3n) is 4.36. The molecule has 1 aliphatic rings. The molecule has 1 heterocycles. The van der Waals surface area contributed by atoms with E-state index in [0.29, 0.717) is 35.9 Å². The van der Waals surface area contributed by atoms with Gasteiger partial charge in [-0.3, -0.25) is 4.79 Å². The molecular formula is C20H21ClFN3O2. The van der Waals surface area contributed by atoms with E-state index in [2.05, 4.69) is 10.4 Å². The van der Waals surface area contributed by atoms with Crippen LogP contribution < -0.4 is 5.32 Å². The van der Waals surface area contributed by atoms with Gasteiger partial charge in [0, 0.05) is 30.7 Å². The van der Waals surface area contributed by atoms with E-state index in [1.807, 2.05) is 12.1 Å². The molecule has 27 heavy (non-hydrogen) atoms. The number of benzene rings is 2. The van der Waals surface area contributed by atoms with Crippen molar-refractivity contribution in [1.82, 2.24) is 10.3 Å². The van der Waals surface area contributed by atoms with Gasteiger partial charge in [-0.15, -0.1) is 0 Å². The SMILES string of the molecule is COCCNCC(=O)N1N=C(c2ccccc2F)CC1c1ccc(Cl)cc1. The van der Waals surface area contributed by atoms with Crippen molar-refractivity contribution in [2.45, 2.75) is 12.5 Å². The predicted molar refractivity (Wildman–Crippen MR) is 103 cm³/mol. The van der Waals surface area contributed by atoms with Gasteiger partial charge in [0.05, 0.1) is 24.9 Å². The zero-order valence-corrected chi connectivity index (χ0v) is 15.7. The van der Waals surface area contributed by atoms with Gasteiger partial charge >= 0.3 is 0 Å². The Morgan fingerprint density at radius 3 is 2.74 bits per heavy atom. The van der Waals surface area contributed by atoms with Gasteiger partial charge in [0.1, 0.15) is 5.82 Å². The number of nitrogens with one attached hydrogen (secondary N) is 1. The Labute approximate surface area is 162 Å². The molecule has 0 bridgehead atoms. The van der Waals surface area contributed by atoms with Crippen LogP contribution >= 0.6 is 11.6 Å². The molecule has 0 spiro atoms. The number of ether oxygens (including phenoxy) is 1. The summed E-state index contributed by atoms with van der Waals surface area (Å²) >= 11 is 5.98. The molecule has 2 aromatic carbocycles. The zero-order valence-electron chi connectivity index (χ0n) is 15.0. The molecule has 1 N–H and O–H groups in total. The first-order valence-corrected chi connectivity index (χ1v) is 9.07. The number of halogens is 2. The van der Waals surface area contributed by atoms with E-state index < -0.39 is 0 Å². The number of hydrazone groups is 1. The minimum Gasteiger partial charge on any atom is -0.383 e. The summed E-state index contributed by atoms with van der Waals surface area (Å²) in [5, 5.41) is 9.54. The van der Waals surface area contributed by atoms with Crippen LogP contribution in [0.15, 0.2) is 53.6 Å². The fourth-order valence-electron chi connectivity index (χ4n) is 2.99. The van der Waals surface area contributed by atoms with Crippen LogP contribution in [0.5, 0.6) is 0 Å². The summed E-state index contributed by atoms with van der Waals surface area (Å²) in [4.78, 5) is 12.7. The molecule has 0 fully saturated rings. The lowest BCUT2D eigenvalue weighted by atomic mass is 9.98. The molecule has 1 amide bonds. The first kappa shape index (κ1) is 19.5. The van der Waals surface area contributed by atoms with Crippen molar-refractivity contribution in [3.05, 3.63) is 70.5 Å². The highest BCUT2D eigenvalue weighted by Crippen LogP contribution is 2.33. The van der Waals surface area contributed by atoms with Crippen molar-refractivity contribution in [3.63, 3.8) is 0 Å². The molecule has 1 aliphatic heterocycles. The van der Waals surface area contributed by atoms with Crippen LogP contribution in [0.25, 0.3) is 0 Å². The van der Waals surface area contributed by atoms with Crippen molar-refractivity contribution in [2.75, 3.05) is 26.8 Å². The van der Waals surface area contributed by atoms with E-state index in [1.54, 1.807) is 37.4 Å². The topological polar surface area (TPSA) is 53.9 Å². The maximum Gasteiger partial charge on any atom is 0.257 e. The molecule has 1 atom stereocenters. The number of methoxy groups -OCH3 is 1. The lowest BCUT2D eigenvalue weighted by Gasteiger charge is -2.22. The lowest BCUT2D eigenvalue weighted by molar-refractivity contribution is -0.132. The van der Waals surface area contributed by atoms with E-state index in [0.717, 1.165) is 5.56 Å². The summed E-state index contributed by atoms with van der Waals surface area (Å²) in [6.45, 7) is 1.20. The van der Waals surface area contributed by atoms with Gasteiger partial charge in [0.15, 0.2) is 0 Å². The second-order valence-electron chi connectivity index (χ2n) is 6.21. The highest BCUT2D eigenvalue weighted by molar-refractivity contribution is 6.30. The summed E-state index contributed by atoms with van der Waals surface area (Å²) in [6, 6.07) is 13.5. The molecule has 2 aromatic rings. The zero-order chi connectivity index (χ0) is 19.2. The second-order valence-corrected chi connectivity index (χ2v) is 6.64. The minimum atomic E-state index is -0.348. The monoisotopic (exact) mass is 389 g/mol. The van der Waals surface area contributed by atoms with Crippen molar-refractivity contribution >= 4 is 23.2 Å². The van der Waals surface area contributed by atoms with Gasteiger partial charge in [0.2, 0.25) is 0 Å². The quantitative estimate of drug-likeness (QED) is 0.738. The van der Waals surface area contributed by atoms with Gasteiger partial charge in [-0.1, -0.05) is 41.9 Å². The smallest absolute Gasteiger partial charge is 0.257 e. The molecule has 3 rings (SSSR count). The summed E-state index contributed by atoms with van der Waals surface area (Å²) in [7, 11) is 1.60.